The minimum Gasteiger partial charge on any atom is -0.465 e. The molecule has 1 aliphatic heterocycles. The van der Waals surface area contributed by atoms with E-state index in [-0.39, 0.29) is 0 Å². The van der Waals surface area contributed by atoms with Gasteiger partial charge in [-0.25, -0.2) is 4.98 Å². The Morgan fingerprint density at radius 1 is 1.39 bits per heavy atom. The fourth-order valence-electron chi connectivity index (χ4n) is 2.36. The van der Waals surface area contributed by atoms with Crippen LogP contribution in [0.2, 0.25) is 0 Å². The van der Waals surface area contributed by atoms with E-state index < -0.39 is 0 Å². The normalized spacial score (nSPS) is 20.1. The van der Waals surface area contributed by atoms with Gasteiger partial charge in [0.05, 0.1) is 12.1 Å². The van der Waals surface area contributed by atoms with E-state index in [0.29, 0.717) is 24.3 Å². The average Bonchev–Trinajstić information content (AvgIpc) is 2.82. The molecule has 0 amide bonds. The lowest BCUT2D eigenvalue weighted by atomic mass is 10.0. The standard InChI is InChI=1S/C13H18N4O/c1-2-7-14-10(4-1)6-9-18-13-16-11-5-3-8-15-12(11)17-13/h3,5,8,10,14H,1-2,4,6-7,9H2,(H,15,16,17)/t10-/m0/s1. The quantitative estimate of drug-likeness (QED) is 0.864. The van der Waals surface area contributed by atoms with Crippen molar-refractivity contribution in [3.63, 3.8) is 0 Å². The maximum Gasteiger partial charge on any atom is 0.296 e. The maximum atomic E-state index is 5.65. The summed E-state index contributed by atoms with van der Waals surface area (Å²) in [6, 6.07) is 5.00. The number of rotatable bonds is 4. The summed E-state index contributed by atoms with van der Waals surface area (Å²) in [5.41, 5.74) is 1.63. The molecule has 96 valence electrons. The van der Waals surface area contributed by atoms with Crippen molar-refractivity contribution in [2.24, 2.45) is 0 Å². The fraction of sp³-hybridized carbons (Fsp3) is 0.538. The number of aromatic nitrogens is 3. The molecule has 0 unspecified atom stereocenters. The number of nitrogens with zero attached hydrogens (tertiary/aromatic N) is 2. The second-order valence-corrected chi connectivity index (χ2v) is 4.70. The first-order valence-electron chi connectivity index (χ1n) is 6.59. The molecule has 3 rings (SSSR count). The Labute approximate surface area is 106 Å². The zero-order chi connectivity index (χ0) is 12.2. The van der Waals surface area contributed by atoms with Crippen molar-refractivity contribution in [1.82, 2.24) is 20.3 Å². The molecule has 3 heterocycles. The van der Waals surface area contributed by atoms with Gasteiger partial charge in [-0.3, -0.25) is 0 Å². The number of imidazole rings is 1. The number of H-pyrrole nitrogens is 1. The Hall–Kier alpha value is -1.62. The molecule has 1 atom stereocenters. The molecule has 2 aromatic heterocycles. The van der Waals surface area contributed by atoms with Crippen LogP contribution >= 0.6 is 0 Å². The predicted octanol–water partition coefficient (Wildman–Crippen LogP) is 1.87. The molecule has 0 radical (unpaired) electrons. The molecular formula is C13H18N4O. The number of aromatic amines is 1. The number of nitrogens with one attached hydrogen (secondary N) is 2. The topological polar surface area (TPSA) is 62.8 Å². The Kier molecular flexibility index (Phi) is 3.41. The van der Waals surface area contributed by atoms with Crippen molar-refractivity contribution in [1.29, 1.82) is 0 Å². The van der Waals surface area contributed by atoms with Gasteiger partial charge < -0.3 is 15.0 Å². The third-order valence-corrected chi connectivity index (χ3v) is 3.35. The maximum absolute atomic E-state index is 5.65. The van der Waals surface area contributed by atoms with Crippen molar-refractivity contribution in [3.8, 4) is 6.01 Å². The predicted molar refractivity (Wildman–Crippen MR) is 69.6 cm³/mol. The van der Waals surface area contributed by atoms with Gasteiger partial charge in [0, 0.05) is 12.2 Å². The zero-order valence-corrected chi connectivity index (χ0v) is 10.4. The van der Waals surface area contributed by atoms with E-state index >= 15 is 0 Å². The first-order chi connectivity index (χ1) is 8.92. The van der Waals surface area contributed by atoms with Crippen molar-refractivity contribution in [3.05, 3.63) is 18.3 Å². The SMILES string of the molecule is c1cnc2nc(OCC[C@@H]3CCCCN3)[nH]c2c1. The number of fused-ring (bicyclic) bond motifs is 1. The molecule has 0 bridgehead atoms. The molecular weight excluding hydrogens is 228 g/mol. The third kappa shape index (κ3) is 2.61. The Bertz CT molecular complexity index is 471. The summed E-state index contributed by atoms with van der Waals surface area (Å²) in [4.78, 5) is 11.6. The monoisotopic (exact) mass is 246 g/mol. The van der Waals surface area contributed by atoms with E-state index in [9.17, 15) is 0 Å². The Morgan fingerprint density at radius 3 is 3.22 bits per heavy atom. The van der Waals surface area contributed by atoms with Crippen LogP contribution in [0.1, 0.15) is 25.7 Å². The van der Waals surface area contributed by atoms with Gasteiger partial charge in [0.25, 0.3) is 6.01 Å². The number of hydrogen-bond acceptors (Lipinski definition) is 4. The van der Waals surface area contributed by atoms with Crippen LogP contribution < -0.4 is 10.1 Å². The number of ether oxygens (including phenoxy) is 1. The largest absolute Gasteiger partial charge is 0.465 e. The van der Waals surface area contributed by atoms with Gasteiger partial charge in [0.1, 0.15) is 0 Å². The van der Waals surface area contributed by atoms with E-state index in [2.05, 4.69) is 20.3 Å². The van der Waals surface area contributed by atoms with Crippen molar-refractivity contribution in [2.45, 2.75) is 31.7 Å². The molecule has 5 nitrogen and oxygen atoms in total. The van der Waals surface area contributed by atoms with Crippen LogP contribution in [0.3, 0.4) is 0 Å². The minimum atomic E-state index is 0.569. The van der Waals surface area contributed by atoms with Gasteiger partial charge in [0.2, 0.25) is 0 Å². The highest BCUT2D eigenvalue weighted by Gasteiger charge is 2.12. The number of hydrogen-bond donors (Lipinski definition) is 2. The van der Waals surface area contributed by atoms with Gasteiger partial charge in [-0.05, 0) is 37.9 Å². The summed E-state index contributed by atoms with van der Waals surface area (Å²) in [6.45, 7) is 1.83. The first kappa shape index (κ1) is 11.5. The summed E-state index contributed by atoms with van der Waals surface area (Å²) < 4.78 is 5.65. The fourth-order valence-corrected chi connectivity index (χ4v) is 2.36. The van der Waals surface area contributed by atoms with Gasteiger partial charge >= 0.3 is 0 Å². The van der Waals surface area contributed by atoms with E-state index in [1.807, 2.05) is 12.1 Å². The summed E-state index contributed by atoms with van der Waals surface area (Å²) in [5, 5.41) is 3.51. The van der Waals surface area contributed by atoms with Crippen LogP contribution in [-0.2, 0) is 0 Å². The van der Waals surface area contributed by atoms with E-state index in [0.717, 1.165) is 18.5 Å². The van der Waals surface area contributed by atoms with Crippen LogP contribution in [0.5, 0.6) is 6.01 Å². The molecule has 0 aromatic carbocycles. The van der Waals surface area contributed by atoms with E-state index in [1.54, 1.807) is 6.20 Å². The lowest BCUT2D eigenvalue weighted by Gasteiger charge is -2.22. The van der Waals surface area contributed by atoms with Crippen LogP contribution in [0.25, 0.3) is 11.2 Å². The molecule has 1 saturated heterocycles. The van der Waals surface area contributed by atoms with Gasteiger partial charge in [-0.1, -0.05) is 6.42 Å². The molecule has 18 heavy (non-hydrogen) atoms. The molecule has 0 aliphatic carbocycles. The van der Waals surface area contributed by atoms with Crippen LogP contribution in [-0.4, -0.2) is 34.1 Å². The molecule has 5 heteroatoms. The van der Waals surface area contributed by atoms with E-state index in [1.165, 1.54) is 19.3 Å². The zero-order valence-electron chi connectivity index (χ0n) is 10.4. The van der Waals surface area contributed by atoms with Crippen LogP contribution in [0.4, 0.5) is 0 Å². The molecule has 2 aromatic rings. The van der Waals surface area contributed by atoms with Gasteiger partial charge in [-0.2, -0.15) is 4.98 Å². The van der Waals surface area contributed by atoms with Crippen molar-refractivity contribution >= 4 is 11.2 Å². The summed E-state index contributed by atoms with van der Waals surface area (Å²) in [5.74, 6) is 0. The lowest BCUT2D eigenvalue weighted by molar-refractivity contribution is 0.254. The average molecular weight is 246 g/mol. The molecule has 1 aliphatic rings. The highest BCUT2D eigenvalue weighted by atomic mass is 16.5. The first-order valence-corrected chi connectivity index (χ1v) is 6.59. The lowest BCUT2D eigenvalue weighted by Crippen LogP contribution is -2.35. The molecule has 0 saturated carbocycles. The summed E-state index contributed by atoms with van der Waals surface area (Å²) >= 11 is 0. The Morgan fingerprint density at radius 2 is 2.39 bits per heavy atom. The highest BCUT2D eigenvalue weighted by molar-refractivity contribution is 5.70. The second kappa shape index (κ2) is 5.35. The third-order valence-electron chi connectivity index (χ3n) is 3.35. The number of piperidine rings is 1. The molecule has 2 N–H and O–H groups in total. The van der Waals surface area contributed by atoms with E-state index in [4.69, 9.17) is 4.74 Å². The smallest absolute Gasteiger partial charge is 0.296 e. The summed E-state index contributed by atoms with van der Waals surface area (Å²) in [6.07, 6.45) is 6.65. The van der Waals surface area contributed by atoms with Crippen molar-refractivity contribution < 1.29 is 4.74 Å². The second-order valence-electron chi connectivity index (χ2n) is 4.70. The highest BCUT2D eigenvalue weighted by Crippen LogP contribution is 2.14. The summed E-state index contributed by atoms with van der Waals surface area (Å²) in [7, 11) is 0. The van der Waals surface area contributed by atoms with Crippen LogP contribution in [0, 0.1) is 0 Å². The van der Waals surface area contributed by atoms with Gasteiger partial charge in [-0.15, -0.1) is 0 Å². The molecule has 1 fully saturated rings. The molecule has 0 spiro atoms. The van der Waals surface area contributed by atoms with Gasteiger partial charge in [0.15, 0.2) is 5.65 Å². The number of pyridine rings is 1. The minimum absolute atomic E-state index is 0.569. The Balaban J connectivity index is 1.53. The van der Waals surface area contributed by atoms with Crippen LogP contribution in [0.15, 0.2) is 18.3 Å². The van der Waals surface area contributed by atoms with Crippen molar-refractivity contribution in [2.75, 3.05) is 13.2 Å².